The molecular weight excluding hydrogens is 254 g/mol. The van der Waals surface area contributed by atoms with Gasteiger partial charge in [0.1, 0.15) is 0 Å². The highest BCUT2D eigenvalue weighted by Gasteiger charge is 2.23. The van der Waals surface area contributed by atoms with Gasteiger partial charge >= 0.3 is 12.0 Å². The number of urea groups is 1. The van der Waals surface area contributed by atoms with E-state index in [0.717, 1.165) is 0 Å². The Kier molecular flexibility index (Phi) is 3.95. The summed E-state index contributed by atoms with van der Waals surface area (Å²) in [7, 11) is 0. The van der Waals surface area contributed by atoms with Crippen LogP contribution in [-0.4, -0.2) is 67.8 Å². The number of nitrogens with one attached hydrogen (secondary N) is 1. The third-order valence-corrected chi connectivity index (χ3v) is 2.83. The van der Waals surface area contributed by atoms with Crippen LogP contribution in [0, 0.1) is 0 Å². The van der Waals surface area contributed by atoms with Gasteiger partial charge in [0.05, 0.1) is 18.8 Å². The van der Waals surface area contributed by atoms with Crippen LogP contribution in [0.15, 0.2) is 6.20 Å². The average molecular weight is 269 g/mol. The third-order valence-electron chi connectivity index (χ3n) is 2.83. The molecule has 1 saturated heterocycles. The predicted octanol–water partition coefficient (Wildman–Crippen LogP) is -1.25. The fourth-order valence-corrected chi connectivity index (χ4v) is 1.82. The zero-order valence-corrected chi connectivity index (χ0v) is 10.2. The molecule has 0 bridgehead atoms. The summed E-state index contributed by atoms with van der Waals surface area (Å²) in [4.78, 5) is 23.8. The molecule has 3 N–H and O–H groups in total. The van der Waals surface area contributed by atoms with E-state index in [2.05, 4.69) is 15.6 Å². The maximum absolute atomic E-state index is 11.7. The van der Waals surface area contributed by atoms with E-state index < -0.39 is 12.1 Å². The number of rotatable bonds is 4. The van der Waals surface area contributed by atoms with E-state index in [1.807, 2.05) is 0 Å². The van der Waals surface area contributed by atoms with Crippen molar-refractivity contribution in [2.24, 2.45) is 0 Å². The highest BCUT2D eigenvalue weighted by atomic mass is 16.4. The van der Waals surface area contributed by atoms with E-state index in [-0.39, 0.29) is 11.7 Å². The molecule has 1 aliphatic heterocycles. The Labute approximate surface area is 108 Å². The van der Waals surface area contributed by atoms with Crippen LogP contribution < -0.4 is 5.32 Å². The fraction of sp³-hybridized carbons (Fsp3) is 0.600. The maximum Gasteiger partial charge on any atom is 0.358 e. The smallest absolute Gasteiger partial charge is 0.358 e. The number of β-amino-alcohol motifs (C(OH)–C–C–N with tert-alkyl or cyclic N) is 1. The zero-order valence-electron chi connectivity index (χ0n) is 10.2. The van der Waals surface area contributed by atoms with Crippen molar-refractivity contribution in [1.29, 1.82) is 0 Å². The average Bonchev–Trinajstić information content (AvgIpc) is 2.98. The van der Waals surface area contributed by atoms with E-state index in [9.17, 15) is 14.7 Å². The van der Waals surface area contributed by atoms with Crippen LogP contribution >= 0.6 is 0 Å². The van der Waals surface area contributed by atoms with E-state index in [1.54, 1.807) is 0 Å². The lowest BCUT2D eigenvalue weighted by Gasteiger charge is -2.16. The summed E-state index contributed by atoms with van der Waals surface area (Å²) < 4.78 is 1.35. The number of likely N-dealkylation sites (tertiary alicyclic amines) is 1. The topological polar surface area (TPSA) is 121 Å². The molecule has 0 aromatic carbocycles. The first-order valence-electron chi connectivity index (χ1n) is 5.90. The number of aliphatic hydroxyl groups is 1. The van der Waals surface area contributed by atoms with Gasteiger partial charge in [0.2, 0.25) is 0 Å². The first-order chi connectivity index (χ1) is 9.06. The summed E-state index contributed by atoms with van der Waals surface area (Å²) in [6, 6.07) is -0.241. The predicted molar refractivity (Wildman–Crippen MR) is 62.6 cm³/mol. The maximum atomic E-state index is 11.7. The SMILES string of the molecule is O=C(O)c1cn(CCNC(=O)N2CCC(O)C2)nn1. The van der Waals surface area contributed by atoms with Crippen molar-refractivity contribution >= 4 is 12.0 Å². The minimum Gasteiger partial charge on any atom is -0.476 e. The van der Waals surface area contributed by atoms with Gasteiger partial charge in [-0.1, -0.05) is 5.21 Å². The number of carbonyl (C=O) groups excluding carboxylic acids is 1. The second-order valence-electron chi connectivity index (χ2n) is 4.29. The molecule has 2 heterocycles. The van der Waals surface area contributed by atoms with Gasteiger partial charge in [-0.2, -0.15) is 0 Å². The summed E-state index contributed by atoms with van der Waals surface area (Å²) in [5, 5.41) is 27.7. The number of aliphatic hydroxyl groups excluding tert-OH is 1. The molecule has 0 spiro atoms. The van der Waals surface area contributed by atoms with Crippen molar-refractivity contribution in [1.82, 2.24) is 25.2 Å². The minimum atomic E-state index is -1.14. The lowest BCUT2D eigenvalue weighted by atomic mass is 10.3. The lowest BCUT2D eigenvalue weighted by Crippen LogP contribution is -2.40. The van der Waals surface area contributed by atoms with Crippen molar-refractivity contribution < 1.29 is 19.8 Å². The van der Waals surface area contributed by atoms with Gasteiger partial charge in [0.15, 0.2) is 5.69 Å². The van der Waals surface area contributed by atoms with Crippen molar-refractivity contribution in [3.8, 4) is 0 Å². The van der Waals surface area contributed by atoms with Crippen LogP contribution in [0.1, 0.15) is 16.9 Å². The molecule has 1 aromatic rings. The first-order valence-corrected chi connectivity index (χ1v) is 5.90. The molecule has 2 rings (SSSR count). The highest BCUT2D eigenvalue weighted by Crippen LogP contribution is 2.08. The number of carboxylic acids is 1. The molecule has 0 radical (unpaired) electrons. The first kappa shape index (κ1) is 13.3. The Balaban J connectivity index is 1.73. The van der Waals surface area contributed by atoms with E-state index in [4.69, 9.17) is 5.11 Å². The zero-order chi connectivity index (χ0) is 13.8. The molecule has 0 aliphatic carbocycles. The van der Waals surface area contributed by atoms with Gasteiger partial charge in [-0.25, -0.2) is 14.3 Å². The van der Waals surface area contributed by atoms with Crippen molar-refractivity contribution in [2.45, 2.75) is 19.1 Å². The number of carboxylic acid groups (broad SMARTS) is 1. The number of carbonyl (C=O) groups is 2. The Morgan fingerprint density at radius 3 is 2.89 bits per heavy atom. The molecule has 1 aromatic heterocycles. The molecule has 1 unspecified atom stereocenters. The molecule has 1 fully saturated rings. The Morgan fingerprint density at radius 2 is 2.32 bits per heavy atom. The molecule has 104 valence electrons. The van der Waals surface area contributed by atoms with Crippen molar-refractivity contribution in [3.05, 3.63) is 11.9 Å². The largest absolute Gasteiger partial charge is 0.476 e. The second kappa shape index (κ2) is 5.65. The molecule has 1 atom stereocenters. The van der Waals surface area contributed by atoms with E-state index in [1.165, 1.54) is 15.8 Å². The molecule has 9 nitrogen and oxygen atoms in total. The van der Waals surface area contributed by atoms with Crippen molar-refractivity contribution in [3.63, 3.8) is 0 Å². The van der Waals surface area contributed by atoms with Gasteiger partial charge in [-0.05, 0) is 6.42 Å². The summed E-state index contributed by atoms with van der Waals surface area (Å²) in [5.74, 6) is -1.14. The molecular formula is C10H15N5O4. The summed E-state index contributed by atoms with van der Waals surface area (Å²) in [6.45, 7) is 1.54. The summed E-state index contributed by atoms with van der Waals surface area (Å²) in [5.41, 5.74) is -0.131. The molecule has 9 heteroatoms. The number of amides is 2. The number of aromatic carboxylic acids is 1. The Bertz CT molecular complexity index is 474. The molecule has 19 heavy (non-hydrogen) atoms. The quantitative estimate of drug-likeness (QED) is 0.628. The summed E-state index contributed by atoms with van der Waals surface area (Å²) >= 11 is 0. The lowest BCUT2D eigenvalue weighted by molar-refractivity contribution is 0.0690. The van der Waals surface area contributed by atoms with Gasteiger partial charge in [-0.3, -0.25) is 0 Å². The number of hydrogen-bond donors (Lipinski definition) is 3. The van der Waals surface area contributed by atoms with E-state index in [0.29, 0.717) is 32.6 Å². The Morgan fingerprint density at radius 1 is 1.53 bits per heavy atom. The van der Waals surface area contributed by atoms with Gasteiger partial charge < -0.3 is 20.4 Å². The number of aromatic nitrogens is 3. The molecule has 0 saturated carbocycles. The Hall–Kier alpha value is -2.16. The summed E-state index contributed by atoms with van der Waals surface area (Å²) in [6.07, 6.45) is 1.45. The van der Waals surface area contributed by atoms with Gasteiger partial charge in [0.25, 0.3) is 0 Å². The van der Waals surface area contributed by atoms with Crippen LogP contribution in [-0.2, 0) is 6.54 Å². The molecule has 1 aliphatic rings. The molecule has 2 amide bonds. The normalized spacial score (nSPS) is 18.6. The van der Waals surface area contributed by atoms with Crippen LogP contribution in [0.5, 0.6) is 0 Å². The second-order valence-corrected chi connectivity index (χ2v) is 4.29. The third kappa shape index (κ3) is 3.41. The monoisotopic (exact) mass is 269 g/mol. The van der Waals surface area contributed by atoms with Crippen LogP contribution in [0.4, 0.5) is 4.79 Å². The minimum absolute atomic E-state index is 0.131. The van der Waals surface area contributed by atoms with Gasteiger partial charge in [-0.15, -0.1) is 5.10 Å². The van der Waals surface area contributed by atoms with Crippen LogP contribution in [0.2, 0.25) is 0 Å². The van der Waals surface area contributed by atoms with Crippen LogP contribution in [0.25, 0.3) is 0 Å². The fourth-order valence-electron chi connectivity index (χ4n) is 1.82. The van der Waals surface area contributed by atoms with Gasteiger partial charge in [0, 0.05) is 19.6 Å². The standard InChI is InChI=1S/C10H15N5O4/c16-7-1-3-14(5-7)10(19)11-2-4-15-6-8(9(17)18)12-13-15/h6-7,16H,1-5H2,(H,11,19)(H,17,18). The highest BCUT2D eigenvalue weighted by molar-refractivity contribution is 5.84. The number of nitrogens with zero attached hydrogens (tertiary/aromatic N) is 4. The van der Waals surface area contributed by atoms with Crippen molar-refractivity contribution in [2.75, 3.05) is 19.6 Å². The number of hydrogen-bond acceptors (Lipinski definition) is 5. The van der Waals surface area contributed by atoms with E-state index >= 15 is 0 Å². The van der Waals surface area contributed by atoms with Crippen LogP contribution in [0.3, 0.4) is 0 Å².